The van der Waals surface area contributed by atoms with Gasteiger partial charge in [-0.05, 0) is 62.5 Å². The molecule has 0 amide bonds. The summed E-state index contributed by atoms with van der Waals surface area (Å²) in [5.74, 6) is 0. The Morgan fingerprint density at radius 2 is 1.96 bits per heavy atom. The molecular weight excluding hydrogens is 318 g/mol. The summed E-state index contributed by atoms with van der Waals surface area (Å²) in [4.78, 5) is 2.45. The third-order valence-corrected chi connectivity index (χ3v) is 5.42. The van der Waals surface area contributed by atoms with Crippen molar-refractivity contribution >= 4 is 11.6 Å². The minimum Gasteiger partial charge on any atom is -0.369 e. The number of nitrogens with zero attached hydrogens (tertiary/aromatic N) is 1. The largest absolute Gasteiger partial charge is 0.369 e. The van der Waals surface area contributed by atoms with Crippen LogP contribution in [0.2, 0.25) is 5.02 Å². The summed E-state index contributed by atoms with van der Waals surface area (Å²) in [5, 5.41) is 0.804. The second-order valence-electron chi connectivity index (χ2n) is 6.74. The first-order valence-corrected chi connectivity index (χ1v) is 9.16. The van der Waals surface area contributed by atoms with E-state index in [4.69, 9.17) is 16.3 Å². The molecule has 0 aliphatic carbocycles. The van der Waals surface area contributed by atoms with E-state index in [2.05, 4.69) is 48.3 Å². The summed E-state index contributed by atoms with van der Waals surface area (Å²) >= 11 is 6.19. The van der Waals surface area contributed by atoms with E-state index < -0.39 is 0 Å². The van der Waals surface area contributed by atoms with Crippen LogP contribution in [0.25, 0.3) is 0 Å². The van der Waals surface area contributed by atoms with Crippen LogP contribution in [0.5, 0.6) is 0 Å². The SMILES string of the molecule is Cc1cc(C(OCCC2CCCN2C)c2ccccc2)ccc1Cl. The molecule has 0 aromatic heterocycles. The monoisotopic (exact) mass is 343 g/mol. The van der Waals surface area contributed by atoms with Crippen molar-refractivity contribution in [3.63, 3.8) is 0 Å². The zero-order chi connectivity index (χ0) is 16.9. The summed E-state index contributed by atoms with van der Waals surface area (Å²) in [7, 11) is 2.22. The molecule has 1 heterocycles. The maximum Gasteiger partial charge on any atom is 0.108 e. The maximum atomic E-state index is 6.35. The summed E-state index contributed by atoms with van der Waals surface area (Å²) in [6.07, 6.45) is 3.65. The van der Waals surface area contributed by atoms with E-state index in [1.807, 2.05) is 19.1 Å². The van der Waals surface area contributed by atoms with Gasteiger partial charge >= 0.3 is 0 Å². The normalized spacial score (nSPS) is 19.5. The molecule has 0 N–H and O–H groups in total. The lowest BCUT2D eigenvalue weighted by molar-refractivity contribution is 0.0660. The Labute approximate surface area is 150 Å². The molecule has 3 heteroatoms. The van der Waals surface area contributed by atoms with Crippen LogP contribution in [-0.4, -0.2) is 31.1 Å². The molecule has 2 aromatic rings. The van der Waals surface area contributed by atoms with Gasteiger partial charge in [-0.15, -0.1) is 0 Å². The number of ether oxygens (including phenoxy) is 1. The summed E-state index contributed by atoms with van der Waals surface area (Å²) in [5.41, 5.74) is 3.45. The van der Waals surface area contributed by atoms with Crippen molar-refractivity contribution in [3.8, 4) is 0 Å². The number of hydrogen-bond donors (Lipinski definition) is 0. The first-order valence-electron chi connectivity index (χ1n) is 8.78. The molecular formula is C21H26ClNO. The molecule has 1 fully saturated rings. The van der Waals surface area contributed by atoms with Crippen molar-refractivity contribution in [1.29, 1.82) is 0 Å². The van der Waals surface area contributed by atoms with Crippen LogP contribution in [0.1, 0.15) is 42.1 Å². The molecule has 1 aliphatic heterocycles. The highest BCUT2D eigenvalue weighted by Crippen LogP contribution is 2.29. The lowest BCUT2D eigenvalue weighted by Crippen LogP contribution is -2.26. The average molecular weight is 344 g/mol. The molecule has 2 unspecified atom stereocenters. The van der Waals surface area contributed by atoms with Gasteiger partial charge in [0.1, 0.15) is 6.10 Å². The number of benzene rings is 2. The average Bonchev–Trinajstić information content (AvgIpc) is 3.00. The molecule has 2 aromatic carbocycles. The van der Waals surface area contributed by atoms with Gasteiger partial charge in [-0.3, -0.25) is 0 Å². The van der Waals surface area contributed by atoms with Gasteiger partial charge in [0.25, 0.3) is 0 Å². The van der Waals surface area contributed by atoms with E-state index >= 15 is 0 Å². The quantitative estimate of drug-likeness (QED) is 0.711. The third-order valence-electron chi connectivity index (χ3n) is 4.99. The van der Waals surface area contributed by atoms with E-state index in [1.54, 1.807) is 0 Å². The fourth-order valence-corrected chi connectivity index (χ4v) is 3.63. The summed E-state index contributed by atoms with van der Waals surface area (Å²) in [6, 6.07) is 17.3. The van der Waals surface area contributed by atoms with Crippen molar-refractivity contribution in [2.45, 2.75) is 38.3 Å². The lowest BCUT2D eigenvalue weighted by atomic mass is 9.99. The number of aryl methyl sites for hydroxylation is 1. The van der Waals surface area contributed by atoms with E-state index in [9.17, 15) is 0 Å². The molecule has 24 heavy (non-hydrogen) atoms. The van der Waals surface area contributed by atoms with Crippen LogP contribution >= 0.6 is 11.6 Å². The lowest BCUT2D eigenvalue weighted by Gasteiger charge is -2.23. The second kappa shape index (κ2) is 8.15. The summed E-state index contributed by atoms with van der Waals surface area (Å²) in [6.45, 7) is 4.03. The highest BCUT2D eigenvalue weighted by atomic mass is 35.5. The van der Waals surface area contributed by atoms with E-state index in [0.717, 1.165) is 23.6 Å². The van der Waals surface area contributed by atoms with E-state index in [0.29, 0.717) is 6.04 Å². The molecule has 3 rings (SSSR count). The summed E-state index contributed by atoms with van der Waals surface area (Å²) < 4.78 is 6.35. The third kappa shape index (κ3) is 4.18. The molecule has 0 radical (unpaired) electrons. The Morgan fingerprint density at radius 3 is 2.62 bits per heavy atom. The predicted octanol–water partition coefficient (Wildman–Crippen LogP) is 5.24. The van der Waals surface area contributed by atoms with Gasteiger partial charge in [-0.25, -0.2) is 0 Å². The maximum absolute atomic E-state index is 6.35. The standard InChI is InChI=1S/C21H26ClNO/c1-16-15-18(10-11-20(16)22)21(17-7-4-3-5-8-17)24-14-12-19-9-6-13-23(19)2/h3-5,7-8,10-11,15,19,21H,6,9,12-14H2,1-2H3. The van der Waals surface area contributed by atoms with Crippen LogP contribution in [0.3, 0.4) is 0 Å². The van der Waals surface area contributed by atoms with Crippen LogP contribution in [0.15, 0.2) is 48.5 Å². The van der Waals surface area contributed by atoms with Gasteiger partial charge in [0.2, 0.25) is 0 Å². The van der Waals surface area contributed by atoms with Gasteiger partial charge in [-0.1, -0.05) is 54.1 Å². The Balaban J connectivity index is 1.74. The van der Waals surface area contributed by atoms with Gasteiger partial charge in [0, 0.05) is 17.7 Å². The van der Waals surface area contributed by atoms with Crippen molar-refractivity contribution in [2.75, 3.05) is 20.2 Å². The second-order valence-corrected chi connectivity index (χ2v) is 7.14. The molecule has 128 valence electrons. The van der Waals surface area contributed by atoms with Crippen LogP contribution < -0.4 is 0 Å². The number of likely N-dealkylation sites (tertiary alicyclic amines) is 1. The van der Waals surface area contributed by atoms with Crippen molar-refractivity contribution < 1.29 is 4.74 Å². The van der Waals surface area contributed by atoms with Gasteiger partial charge in [0.15, 0.2) is 0 Å². The molecule has 0 bridgehead atoms. The topological polar surface area (TPSA) is 12.5 Å². The predicted molar refractivity (Wildman–Crippen MR) is 101 cm³/mol. The van der Waals surface area contributed by atoms with E-state index in [-0.39, 0.29) is 6.10 Å². The first kappa shape index (κ1) is 17.5. The van der Waals surface area contributed by atoms with Crippen LogP contribution in [-0.2, 0) is 4.74 Å². The molecule has 1 saturated heterocycles. The molecule has 2 nitrogen and oxygen atoms in total. The zero-order valence-corrected chi connectivity index (χ0v) is 15.3. The molecule has 0 spiro atoms. The number of rotatable bonds is 6. The Bertz CT molecular complexity index is 658. The molecule has 1 aliphatic rings. The van der Waals surface area contributed by atoms with Gasteiger partial charge < -0.3 is 9.64 Å². The number of halogens is 1. The smallest absolute Gasteiger partial charge is 0.108 e. The molecule has 0 saturated carbocycles. The minimum absolute atomic E-state index is 0.0334. The highest BCUT2D eigenvalue weighted by Gasteiger charge is 2.22. The Morgan fingerprint density at radius 1 is 1.17 bits per heavy atom. The first-order chi connectivity index (χ1) is 11.6. The highest BCUT2D eigenvalue weighted by molar-refractivity contribution is 6.31. The van der Waals surface area contributed by atoms with Crippen molar-refractivity contribution in [2.24, 2.45) is 0 Å². The Hall–Kier alpha value is -1.35. The minimum atomic E-state index is -0.0334. The fraction of sp³-hybridized carbons (Fsp3) is 0.429. The van der Waals surface area contributed by atoms with Crippen molar-refractivity contribution in [3.05, 3.63) is 70.2 Å². The van der Waals surface area contributed by atoms with Gasteiger partial charge in [-0.2, -0.15) is 0 Å². The molecule has 2 atom stereocenters. The van der Waals surface area contributed by atoms with Crippen molar-refractivity contribution in [1.82, 2.24) is 4.90 Å². The van der Waals surface area contributed by atoms with Gasteiger partial charge in [0.05, 0.1) is 0 Å². The fourth-order valence-electron chi connectivity index (χ4n) is 3.51. The van der Waals surface area contributed by atoms with Crippen LogP contribution in [0, 0.1) is 6.92 Å². The number of hydrogen-bond acceptors (Lipinski definition) is 2. The zero-order valence-electron chi connectivity index (χ0n) is 14.5. The van der Waals surface area contributed by atoms with E-state index in [1.165, 1.54) is 30.5 Å². The van der Waals surface area contributed by atoms with Crippen LogP contribution in [0.4, 0.5) is 0 Å². The Kier molecular flexibility index (Phi) is 5.94.